The topological polar surface area (TPSA) is 167 Å². The summed E-state index contributed by atoms with van der Waals surface area (Å²) in [6, 6.07) is 18.5. The zero-order chi connectivity index (χ0) is 28.4. The van der Waals surface area contributed by atoms with E-state index in [1.54, 1.807) is 36.4 Å². The fourth-order valence-electron chi connectivity index (χ4n) is 4.48. The first-order valence-corrected chi connectivity index (χ1v) is 12.5. The summed E-state index contributed by atoms with van der Waals surface area (Å²) < 4.78 is 0. The van der Waals surface area contributed by atoms with Gasteiger partial charge in [-0.05, 0) is 54.8 Å². The van der Waals surface area contributed by atoms with E-state index >= 15 is 0 Å². The molecule has 3 amide bonds. The number of benzene rings is 3. The van der Waals surface area contributed by atoms with Crippen molar-refractivity contribution in [3.05, 3.63) is 105 Å². The number of hydrogen-bond acceptors (Lipinski definition) is 7. The van der Waals surface area contributed by atoms with Gasteiger partial charge in [-0.15, -0.1) is 0 Å². The second-order valence-electron chi connectivity index (χ2n) is 9.33. The molecule has 0 saturated carbocycles. The van der Waals surface area contributed by atoms with Gasteiger partial charge in [0, 0.05) is 35.6 Å². The molecule has 1 aliphatic rings. The Morgan fingerprint density at radius 3 is 2.45 bits per heavy atom. The molecule has 2 heterocycles. The highest BCUT2D eigenvalue weighted by molar-refractivity contribution is 6.22. The van der Waals surface area contributed by atoms with E-state index in [0.29, 0.717) is 45.5 Å². The van der Waals surface area contributed by atoms with Gasteiger partial charge in [-0.3, -0.25) is 19.8 Å². The van der Waals surface area contributed by atoms with Gasteiger partial charge in [-0.1, -0.05) is 36.4 Å². The number of aromatic hydroxyl groups is 1. The predicted molar refractivity (Wildman–Crippen MR) is 151 cm³/mol. The summed E-state index contributed by atoms with van der Waals surface area (Å²) >= 11 is 0. The number of nitrogens with one attached hydrogen (secondary N) is 2. The summed E-state index contributed by atoms with van der Waals surface area (Å²) in [4.78, 5) is 43.6. The number of urea groups is 1. The van der Waals surface area contributed by atoms with Crippen LogP contribution in [0.2, 0.25) is 0 Å². The van der Waals surface area contributed by atoms with Crippen LogP contribution in [0.1, 0.15) is 28.7 Å². The van der Waals surface area contributed by atoms with Crippen LogP contribution in [0.4, 0.5) is 16.2 Å². The number of nitrogens with two attached hydrogens (primary N) is 1. The summed E-state index contributed by atoms with van der Waals surface area (Å²) in [5, 5.41) is 25.4. The van der Waals surface area contributed by atoms with E-state index in [-0.39, 0.29) is 17.3 Å². The number of hydrogen-bond donors (Lipinski definition) is 4. The van der Waals surface area contributed by atoms with Crippen molar-refractivity contribution in [3.63, 3.8) is 0 Å². The number of non-ortho nitro benzene ring substituents is 1. The molecule has 1 aliphatic heterocycles. The van der Waals surface area contributed by atoms with Gasteiger partial charge in [0.1, 0.15) is 5.70 Å². The smallest absolute Gasteiger partial charge is 0.328 e. The van der Waals surface area contributed by atoms with Crippen molar-refractivity contribution in [2.24, 2.45) is 10.7 Å². The van der Waals surface area contributed by atoms with Crippen LogP contribution in [0.25, 0.3) is 17.0 Å². The van der Waals surface area contributed by atoms with Crippen LogP contribution in [-0.4, -0.2) is 51.2 Å². The predicted octanol–water partition coefficient (Wildman–Crippen LogP) is 4.36. The molecule has 4 aromatic rings. The summed E-state index contributed by atoms with van der Waals surface area (Å²) in [5.41, 5.74) is 10.0. The number of nitro benzene ring substituents is 1. The number of nitro groups is 1. The molecule has 0 bridgehead atoms. The fourth-order valence-corrected chi connectivity index (χ4v) is 4.48. The van der Waals surface area contributed by atoms with Gasteiger partial charge < -0.3 is 21.1 Å². The first kappa shape index (κ1) is 26.3. The van der Waals surface area contributed by atoms with E-state index in [9.17, 15) is 24.8 Å². The number of aliphatic imine (C=N–C) groups is 1. The lowest BCUT2D eigenvalue weighted by Gasteiger charge is -2.09. The first-order valence-electron chi connectivity index (χ1n) is 12.5. The number of fused-ring (bicyclic) bond motifs is 1. The van der Waals surface area contributed by atoms with Crippen molar-refractivity contribution in [1.29, 1.82) is 0 Å². The number of carbonyl (C=O) groups is 2. The molecule has 3 aromatic carbocycles. The molecule has 11 nitrogen and oxygen atoms in total. The lowest BCUT2D eigenvalue weighted by Crippen LogP contribution is -2.25. The van der Waals surface area contributed by atoms with Crippen molar-refractivity contribution in [1.82, 2.24) is 15.2 Å². The average Bonchev–Trinajstić information content (AvgIpc) is 3.40. The Balaban J connectivity index is 1.59. The number of aromatic amines is 1. The first-order chi connectivity index (χ1) is 19.2. The minimum absolute atomic E-state index is 0.110. The molecule has 11 heteroatoms. The second-order valence-corrected chi connectivity index (χ2v) is 9.33. The molecule has 5 N–H and O–H groups in total. The van der Waals surface area contributed by atoms with Crippen molar-refractivity contribution in [3.8, 4) is 5.88 Å². The lowest BCUT2D eigenvalue weighted by molar-refractivity contribution is -0.384. The van der Waals surface area contributed by atoms with Gasteiger partial charge >= 0.3 is 6.03 Å². The number of amides is 3. The minimum atomic E-state index is -0.491. The number of carbonyl (C=O) groups excluding carboxylic acids is 2. The molecule has 1 aromatic heterocycles. The molecular weight excluding hydrogens is 512 g/mol. The minimum Gasteiger partial charge on any atom is -0.494 e. The van der Waals surface area contributed by atoms with Crippen LogP contribution >= 0.6 is 0 Å². The third-order valence-corrected chi connectivity index (χ3v) is 6.63. The average molecular weight is 539 g/mol. The van der Waals surface area contributed by atoms with Crippen molar-refractivity contribution in [2.45, 2.75) is 12.8 Å². The van der Waals surface area contributed by atoms with Gasteiger partial charge in [0.15, 0.2) is 5.88 Å². The molecule has 0 spiro atoms. The monoisotopic (exact) mass is 538 g/mol. The third kappa shape index (κ3) is 5.18. The molecular formula is C29H26N6O5. The quantitative estimate of drug-likeness (QED) is 0.0854. The van der Waals surface area contributed by atoms with Crippen molar-refractivity contribution < 1.29 is 19.6 Å². The normalized spacial score (nSPS) is 14.8. The summed E-state index contributed by atoms with van der Waals surface area (Å²) in [6.45, 7) is 0.584. The highest BCUT2D eigenvalue weighted by atomic mass is 16.6. The maximum Gasteiger partial charge on any atom is 0.328 e. The van der Waals surface area contributed by atoms with Crippen LogP contribution in [0.15, 0.2) is 77.4 Å². The summed E-state index contributed by atoms with van der Waals surface area (Å²) in [6.07, 6.45) is 3.24. The van der Waals surface area contributed by atoms with Gasteiger partial charge in [-0.25, -0.2) is 9.79 Å². The molecule has 202 valence electrons. The number of nitrogens with zero attached hydrogens (tertiary/aromatic N) is 3. The highest BCUT2D eigenvalue weighted by Gasteiger charge is 2.30. The van der Waals surface area contributed by atoms with Crippen LogP contribution in [-0.2, 0) is 11.2 Å². The molecule has 0 atom stereocenters. The summed E-state index contributed by atoms with van der Waals surface area (Å²) in [7, 11) is 1.40. The Morgan fingerprint density at radius 1 is 1.10 bits per heavy atom. The molecule has 40 heavy (non-hydrogen) atoms. The van der Waals surface area contributed by atoms with E-state index in [1.807, 2.05) is 24.3 Å². The molecule has 0 aliphatic carbocycles. The van der Waals surface area contributed by atoms with Crippen LogP contribution in [0.5, 0.6) is 5.88 Å². The van der Waals surface area contributed by atoms with Gasteiger partial charge in [0.05, 0.1) is 21.9 Å². The highest BCUT2D eigenvalue weighted by Crippen LogP contribution is 2.34. The maximum atomic E-state index is 12.2. The number of rotatable bonds is 8. The van der Waals surface area contributed by atoms with Crippen LogP contribution < -0.4 is 11.1 Å². The number of imide groups is 1. The summed E-state index contributed by atoms with van der Waals surface area (Å²) in [5.74, 6) is -0.587. The second kappa shape index (κ2) is 10.8. The van der Waals surface area contributed by atoms with Crippen LogP contribution in [0, 0.1) is 10.1 Å². The zero-order valence-corrected chi connectivity index (χ0v) is 21.5. The molecule has 0 unspecified atom stereocenters. The lowest BCUT2D eigenvalue weighted by atomic mass is 9.98. The molecule has 1 fully saturated rings. The van der Waals surface area contributed by atoms with E-state index in [1.165, 1.54) is 19.2 Å². The largest absolute Gasteiger partial charge is 0.494 e. The maximum absolute atomic E-state index is 12.2. The van der Waals surface area contributed by atoms with Gasteiger partial charge in [0.2, 0.25) is 0 Å². The Kier molecular flexibility index (Phi) is 7.13. The zero-order valence-electron chi connectivity index (χ0n) is 21.5. The van der Waals surface area contributed by atoms with Crippen molar-refractivity contribution in [2.75, 3.05) is 13.6 Å². The van der Waals surface area contributed by atoms with Crippen LogP contribution in [0.3, 0.4) is 0 Å². The number of aryl methyl sites for hydroxylation is 1. The SMILES string of the molecule is CN1C(=O)N/C(=C\c2ccc(N=C(c3ccc(CCCN)cc3)c3c(O)[nH]c4ccc([N+](=O)[O-])cc34)cc2)C1=O. The Morgan fingerprint density at radius 2 is 1.82 bits per heavy atom. The number of H-pyrrole nitrogens is 1. The Hall–Kier alpha value is -5.29. The number of aromatic nitrogens is 1. The Labute approximate surface area is 228 Å². The number of likely N-dealkylation sites (N-methyl/N-ethyl adjacent to an activating group) is 1. The third-order valence-electron chi connectivity index (χ3n) is 6.63. The van der Waals surface area contributed by atoms with Gasteiger partial charge in [0.25, 0.3) is 11.6 Å². The van der Waals surface area contributed by atoms with Crippen molar-refractivity contribution >= 4 is 46.0 Å². The van der Waals surface area contributed by atoms with E-state index in [4.69, 9.17) is 10.7 Å². The molecule has 5 rings (SSSR count). The molecule has 1 saturated heterocycles. The fraction of sp³-hybridized carbons (Fsp3) is 0.138. The van der Waals surface area contributed by atoms with Gasteiger partial charge in [-0.2, -0.15) is 0 Å². The van der Waals surface area contributed by atoms with E-state index < -0.39 is 16.9 Å². The van der Waals surface area contributed by atoms with E-state index in [2.05, 4.69) is 10.3 Å². The Bertz CT molecular complexity index is 1690. The standard InChI is InChI=1S/C29H26N6O5/c1-34-28(37)24(33-29(34)38)15-18-6-10-20(11-7-18)31-26(19-8-4-17(5-9-19)3-2-14-30)25-22-16-21(35(39)40)12-13-23(22)32-27(25)36/h4-13,15-16,32,36H,2-3,14,30H2,1H3,(H,33,38)/b24-15-,31-26?. The molecule has 0 radical (unpaired) electrons. The van der Waals surface area contributed by atoms with E-state index in [0.717, 1.165) is 23.3 Å².